The molecule has 2 atom stereocenters. The van der Waals surface area contributed by atoms with Gasteiger partial charge in [-0.2, -0.15) is 0 Å². The summed E-state index contributed by atoms with van der Waals surface area (Å²) in [5.41, 5.74) is 0. The number of ether oxygens (including phenoxy) is 2. The Hall–Kier alpha value is -1.25. The van der Waals surface area contributed by atoms with Gasteiger partial charge in [0.1, 0.15) is 19.8 Å². The van der Waals surface area contributed by atoms with E-state index in [9.17, 15) is 19.0 Å². The Balaban J connectivity index is 3.85. The first kappa shape index (κ1) is 87.8. The number of nitrogens with zero attached hydrogens (tertiary/aromatic N) is 1. The van der Waals surface area contributed by atoms with Crippen molar-refractivity contribution in [1.82, 2.24) is 0 Å². The van der Waals surface area contributed by atoms with Crippen LogP contribution in [0.15, 0.2) is 12.2 Å². The summed E-state index contributed by atoms with van der Waals surface area (Å²) in [6, 6.07) is 0. The van der Waals surface area contributed by atoms with Crippen molar-refractivity contribution in [3.63, 3.8) is 0 Å². The molecule has 0 aliphatic rings. The van der Waals surface area contributed by atoms with Crippen LogP contribution in [-0.2, 0) is 32.7 Å². The number of rotatable bonds is 76. The van der Waals surface area contributed by atoms with Gasteiger partial charge in [-0.25, -0.2) is 4.57 Å². The number of phosphoric acid groups is 1. The van der Waals surface area contributed by atoms with Crippen LogP contribution in [0.2, 0.25) is 0 Å². The maximum absolute atomic E-state index is 12.9. The smallest absolute Gasteiger partial charge is 0.462 e. The number of phosphoric ester groups is 1. The normalized spacial score (nSPS) is 13.0. The molecular weight excluding hydrogens is 1120 g/mol. The van der Waals surface area contributed by atoms with E-state index in [0.717, 1.165) is 32.1 Å². The molecule has 0 saturated carbocycles. The lowest BCUT2D eigenvalue weighted by Gasteiger charge is -2.24. The maximum atomic E-state index is 12.9. The summed E-state index contributed by atoms with van der Waals surface area (Å²) >= 11 is 0. The molecule has 0 radical (unpaired) electrons. The largest absolute Gasteiger partial charge is 0.472 e. The van der Waals surface area contributed by atoms with Gasteiger partial charge in [-0.15, -0.1) is 0 Å². The van der Waals surface area contributed by atoms with Crippen LogP contribution < -0.4 is 0 Å². The van der Waals surface area contributed by atoms with E-state index in [0.29, 0.717) is 23.9 Å². The number of unbranched alkanes of at least 4 members (excludes halogenated alkanes) is 60. The third-order valence-corrected chi connectivity index (χ3v) is 19.5. The van der Waals surface area contributed by atoms with Gasteiger partial charge >= 0.3 is 19.8 Å². The van der Waals surface area contributed by atoms with Gasteiger partial charge in [0.25, 0.3) is 0 Å². The third-order valence-electron chi connectivity index (χ3n) is 18.5. The number of esters is 2. The van der Waals surface area contributed by atoms with Crippen molar-refractivity contribution in [2.75, 3.05) is 47.5 Å². The quantitative estimate of drug-likeness (QED) is 0.0211. The van der Waals surface area contributed by atoms with Gasteiger partial charge in [0.2, 0.25) is 0 Å². The molecule has 0 aromatic heterocycles. The monoisotopic (exact) mass is 1280 g/mol. The lowest BCUT2D eigenvalue weighted by atomic mass is 10.0. The predicted octanol–water partition coefficient (Wildman–Crippen LogP) is 26.2. The van der Waals surface area contributed by atoms with E-state index in [1.165, 1.54) is 366 Å². The number of quaternary nitrogens is 1. The van der Waals surface area contributed by atoms with E-state index in [2.05, 4.69) is 26.0 Å². The molecule has 0 fully saturated rings. The maximum Gasteiger partial charge on any atom is 0.472 e. The molecule has 0 aromatic carbocycles. The second-order valence-corrected chi connectivity index (χ2v) is 30.3. The molecule has 0 spiro atoms. The van der Waals surface area contributed by atoms with Crippen LogP contribution in [-0.4, -0.2) is 74.9 Å². The summed E-state index contributed by atoms with van der Waals surface area (Å²) < 4.78 is 34.8. The van der Waals surface area contributed by atoms with Gasteiger partial charge in [-0.1, -0.05) is 392 Å². The van der Waals surface area contributed by atoms with Crippen molar-refractivity contribution in [3.8, 4) is 0 Å². The van der Waals surface area contributed by atoms with Gasteiger partial charge in [0, 0.05) is 12.8 Å². The molecule has 2 unspecified atom stereocenters. The Morgan fingerprint density at radius 3 is 0.831 bits per heavy atom. The molecule has 89 heavy (non-hydrogen) atoms. The van der Waals surface area contributed by atoms with Crippen LogP contribution in [0.25, 0.3) is 0 Å². The summed E-state index contributed by atoms with van der Waals surface area (Å²) in [4.78, 5) is 35.9. The zero-order valence-corrected chi connectivity index (χ0v) is 61.6. The topological polar surface area (TPSA) is 108 Å². The average Bonchev–Trinajstić information content (AvgIpc) is 3.60. The molecule has 10 heteroatoms. The van der Waals surface area contributed by atoms with Crippen molar-refractivity contribution < 1.29 is 42.1 Å². The minimum Gasteiger partial charge on any atom is -0.462 e. The molecule has 0 saturated heterocycles. The fourth-order valence-corrected chi connectivity index (χ4v) is 13.2. The van der Waals surface area contributed by atoms with Crippen LogP contribution in [0.1, 0.15) is 431 Å². The SMILES string of the molecule is CCCCCCCCCC/C=C\CCCCCCCCCCCCCCCC(=O)OC(COC(=O)CCCCCCCCCCCCCCCCCCCCCCCCCCCCCCCCCCCCCCCCCC)COP(=O)(O)OCC[N+](C)(C)C. The molecule has 0 aromatic rings. The zero-order valence-electron chi connectivity index (χ0n) is 60.7. The van der Waals surface area contributed by atoms with Crippen molar-refractivity contribution in [3.05, 3.63) is 12.2 Å². The molecule has 0 aliphatic carbocycles. The molecule has 0 amide bonds. The van der Waals surface area contributed by atoms with E-state index < -0.39 is 26.5 Å². The third kappa shape index (κ3) is 75.7. The van der Waals surface area contributed by atoms with E-state index >= 15 is 0 Å². The molecule has 1 N–H and O–H groups in total. The standard InChI is InChI=1S/C79H156NO8P/c1-6-8-10-12-14-16-18-20-22-24-26-28-30-32-33-34-35-36-37-38-39-40-41-42-43-44-45-46-48-49-51-53-55-57-59-61-63-65-67-69-71-78(81)85-75-77(76-87-89(83,84)86-74-73-80(3,4)5)88-79(82)72-70-68-66-64-62-60-58-56-54-52-50-47-31-29-27-25-23-21-19-17-15-13-11-9-7-2/h25,27,77H,6-24,26,28-76H2,1-5H3/p+1/b27-25-. The first-order chi connectivity index (χ1) is 43.5. The number of likely N-dealkylation sites (N-methyl/N-ethyl adjacent to an activating group) is 1. The van der Waals surface area contributed by atoms with Crippen LogP contribution >= 0.6 is 7.82 Å². The second kappa shape index (κ2) is 71.1. The van der Waals surface area contributed by atoms with Crippen LogP contribution in [0.4, 0.5) is 0 Å². The second-order valence-electron chi connectivity index (χ2n) is 28.8. The van der Waals surface area contributed by atoms with E-state index in [4.69, 9.17) is 18.5 Å². The van der Waals surface area contributed by atoms with E-state index in [1.807, 2.05) is 21.1 Å². The Morgan fingerprint density at radius 1 is 0.337 bits per heavy atom. The van der Waals surface area contributed by atoms with Crippen molar-refractivity contribution in [2.45, 2.75) is 437 Å². The van der Waals surface area contributed by atoms with E-state index in [-0.39, 0.29) is 25.6 Å². The fraction of sp³-hybridized carbons (Fsp3) is 0.949. The zero-order chi connectivity index (χ0) is 64.8. The number of carbonyl (C=O) groups excluding carboxylic acids is 2. The molecule has 9 nitrogen and oxygen atoms in total. The van der Waals surface area contributed by atoms with Gasteiger partial charge < -0.3 is 18.9 Å². The predicted molar refractivity (Wildman–Crippen MR) is 386 cm³/mol. The van der Waals surface area contributed by atoms with Crippen LogP contribution in [0, 0.1) is 0 Å². The molecular formula is C79H157NO8P+. The summed E-state index contributed by atoms with van der Waals surface area (Å²) in [6.45, 7) is 4.53. The number of allylic oxidation sites excluding steroid dienone is 2. The molecule has 0 heterocycles. The van der Waals surface area contributed by atoms with Crippen molar-refractivity contribution in [2.24, 2.45) is 0 Å². The van der Waals surface area contributed by atoms with Crippen molar-refractivity contribution >= 4 is 19.8 Å². The highest BCUT2D eigenvalue weighted by Crippen LogP contribution is 2.43. The highest BCUT2D eigenvalue weighted by molar-refractivity contribution is 7.47. The van der Waals surface area contributed by atoms with Crippen molar-refractivity contribution in [1.29, 1.82) is 0 Å². The first-order valence-corrected chi connectivity index (χ1v) is 41.4. The first-order valence-electron chi connectivity index (χ1n) is 39.9. The number of hydrogen-bond acceptors (Lipinski definition) is 7. The average molecular weight is 1280 g/mol. The summed E-state index contributed by atoms with van der Waals surface area (Å²) in [5.74, 6) is -0.770. The number of hydrogen-bond donors (Lipinski definition) is 1. The minimum absolute atomic E-state index is 0.0361. The van der Waals surface area contributed by atoms with Gasteiger partial charge in [0.15, 0.2) is 6.10 Å². The van der Waals surface area contributed by atoms with Gasteiger partial charge in [0.05, 0.1) is 27.7 Å². The summed E-state index contributed by atoms with van der Waals surface area (Å²) in [7, 11) is 1.50. The molecule has 0 aliphatic heterocycles. The highest BCUT2D eigenvalue weighted by atomic mass is 31.2. The van der Waals surface area contributed by atoms with Gasteiger partial charge in [-0.3, -0.25) is 18.6 Å². The molecule has 530 valence electrons. The summed E-state index contributed by atoms with van der Waals surface area (Å²) in [6.07, 6.45) is 89.5. The van der Waals surface area contributed by atoms with Crippen LogP contribution in [0.5, 0.6) is 0 Å². The fourth-order valence-electron chi connectivity index (χ4n) is 12.4. The Labute approximate surface area is 556 Å². The Kier molecular flexibility index (Phi) is 70.1. The summed E-state index contributed by atoms with van der Waals surface area (Å²) in [5, 5.41) is 0. The van der Waals surface area contributed by atoms with E-state index in [1.54, 1.807) is 0 Å². The van der Waals surface area contributed by atoms with Crippen LogP contribution in [0.3, 0.4) is 0 Å². The lowest BCUT2D eigenvalue weighted by Crippen LogP contribution is -2.37. The molecule has 0 bridgehead atoms. The Morgan fingerprint density at radius 2 is 0.573 bits per heavy atom. The lowest BCUT2D eigenvalue weighted by molar-refractivity contribution is -0.870. The Bertz CT molecular complexity index is 1500. The molecule has 0 rings (SSSR count). The minimum atomic E-state index is -4.39. The number of carbonyl (C=O) groups is 2. The highest BCUT2D eigenvalue weighted by Gasteiger charge is 2.27. The van der Waals surface area contributed by atoms with Gasteiger partial charge in [-0.05, 0) is 38.5 Å².